The molecule has 1 rings (SSSR count). The summed E-state index contributed by atoms with van der Waals surface area (Å²) in [6, 6.07) is 8.31. The maximum atomic E-state index is 10.9. The molecule has 16 heavy (non-hydrogen) atoms. The Hall–Kier alpha value is -1.15. The first-order valence-corrected chi connectivity index (χ1v) is 5.73. The molecule has 0 aliphatic heterocycles. The van der Waals surface area contributed by atoms with E-state index in [1.54, 1.807) is 0 Å². The fourth-order valence-electron chi connectivity index (χ4n) is 1.85. The quantitative estimate of drug-likeness (QED) is 0.828. The average molecular weight is 220 g/mol. The second kappa shape index (κ2) is 5.80. The second-order valence-corrected chi connectivity index (χ2v) is 4.61. The topological polar surface area (TPSA) is 37.3 Å². The highest BCUT2D eigenvalue weighted by Gasteiger charge is 2.13. The standard InChI is InChI=1S/C14H20O2/c1-10-4-6-13(7-5-10)11(2)8-14(16)9-12(3)15/h4-7,11,14,16H,8-9H2,1-3H3/t11-,14?/m0/s1. The van der Waals surface area contributed by atoms with Gasteiger partial charge in [-0.2, -0.15) is 0 Å². The van der Waals surface area contributed by atoms with E-state index in [0.29, 0.717) is 6.42 Å². The molecule has 1 N–H and O–H groups in total. The SMILES string of the molecule is CC(=O)CC(O)C[C@H](C)c1ccc(C)cc1. The van der Waals surface area contributed by atoms with Gasteiger partial charge in [0.2, 0.25) is 0 Å². The van der Waals surface area contributed by atoms with Crippen molar-refractivity contribution < 1.29 is 9.90 Å². The maximum Gasteiger partial charge on any atom is 0.132 e. The van der Waals surface area contributed by atoms with E-state index >= 15 is 0 Å². The minimum atomic E-state index is -0.520. The van der Waals surface area contributed by atoms with Crippen LogP contribution < -0.4 is 0 Å². The molecule has 0 amide bonds. The summed E-state index contributed by atoms with van der Waals surface area (Å²) in [5, 5.41) is 9.69. The van der Waals surface area contributed by atoms with Crippen molar-refractivity contribution in [1.29, 1.82) is 0 Å². The van der Waals surface area contributed by atoms with Crippen molar-refractivity contribution in [3.05, 3.63) is 35.4 Å². The van der Waals surface area contributed by atoms with Crippen LogP contribution in [0.5, 0.6) is 0 Å². The summed E-state index contributed by atoms with van der Waals surface area (Å²) in [4.78, 5) is 10.9. The first kappa shape index (κ1) is 12.9. The summed E-state index contributed by atoms with van der Waals surface area (Å²) in [6.07, 6.45) is 0.382. The molecule has 1 unspecified atom stereocenters. The third kappa shape index (κ3) is 4.15. The Balaban J connectivity index is 2.54. The van der Waals surface area contributed by atoms with E-state index in [2.05, 4.69) is 38.1 Å². The van der Waals surface area contributed by atoms with Gasteiger partial charge in [0.05, 0.1) is 6.10 Å². The third-order valence-electron chi connectivity index (χ3n) is 2.80. The normalized spacial score (nSPS) is 14.5. The Morgan fingerprint density at radius 3 is 2.38 bits per heavy atom. The molecule has 0 spiro atoms. The van der Waals surface area contributed by atoms with Crippen molar-refractivity contribution in [1.82, 2.24) is 0 Å². The molecule has 2 nitrogen and oxygen atoms in total. The van der Waals surface area contributed by atoms with E-state index in [1.165, 1.54) is 18.1 Å². The number of aliphatic hydroxyl groups is 1. The highest BCUT2D eigenvalue weighted by molar-refractivity contribution is 5.75. The van der Waals surface area contributed by atoms with Crippen LogP contribution >= 0.6 is 0 Å². The van der Waals surface area contributed by atoms with E-state index < -0.39 is 6.10 Å². The first-order chi connectivity index (χ1) is 7.49. The second-order valence-electron chi connectivity index (χ2n) is 4.61. The fourth-order valence-corrected chi connectivity index (χ4v) is 1.85. The van der Waals surface area contributed by atoms with Crippen molar-refractivity contribution in [3.8, 4) is 0 Å². The summed E-state index contributed by atoms with van der Waals surface area (Å²) < 4.78 is 0. The van der Waals surface area contributed by atoms with E-state index in [0.717, 1.165) is 0 Å². The number of hydrogen-bond acceptors (Lipinski definition) is 2. The Labute approximate surface area is 97.3 Å². The van der Waals surface area contributed by atoms with Gasteiger partial charge in [0, 0.05) is 6.42 Å². The molecule has 0 fully saturated rings. The van der Waals surface area contributed by atoms with Crippen LogP contribution in [0.4, 0.5) is 0 Å². The molecule has 0 aliphatic rings. The van der Waals surface area contributed by atoms with E-state index in [9.17, 15) is 9.90 Å². The van der Waals surface area contributed by atoms with Crippen LogP contribution in [0.15, 0.2) is 24.3 Å². The number of aryl methyl sites for hydroxylation is 1. The van der Waals surface area contributed by atoms with Crippen LogP contribution in [-0.2, 0) is 4.79 Å². The van der Waals surface area contributed by atoms with Crippen LogP contribution in [0.2, 0.25) is 0 Å². The summed E-state index contributed by atoms with van der Waals surface area (Å²) in [5.41, 5.74) is 2.45. The smallest absolute Gasteiger partial charge is 0.132 e. The predicted molar refractivity (Wildman–Crippen MR) is 65.5 cm³/mol. The van der Waals surface area contributed by atoms with Crippen LogP contribution in [0.1, 0.15) is 43.7 Å². The fraction of sp³-hybridized carbons (Fsp3) is 0.500. The monoisotopic (exact) mass is 220 g/mol. The minimum absolute atomic E-state index is 0.0450. The zero-order valence-corrected chi connectivity index (χ0v) is 10.2. The van der Waals surface area contributed by atoms with Gasteiger partial charge in [-0.3, -0.25) is 4.79 Å². The number of carbonyl (C=O) groups is 1. The van der Waals surface area contributed by atoms with Crippen LogP contribution in [0, 0.1) is 6.92 Å². The Morgan fingerprint density at radius 2 is 1.88 bits per heavy atom. The minimum Gasteiger partial charge on any atom is -0.393 e. The molecule has 2 heteroatoms. The Morgan fingerprint density at radius 1 is 1.31 bits per heavy atom. The van der Waals surface area contributed by atoms with Gasteiger partial charge < -0.3 is 5.11 Å². The summed E-state index contributed by atoms with van der Waals surface area (Å²) in [6.45, 7) is 5.65. The van der Waals surface area contributed by atoms with Crippen molar-refractivity contribution in [2.75, 3.05) is 0 Å². The number of rotatable bonds is 5. The van der Waals surface area contributed by atoms with E-state index in [1.807, 2.05) is 0 Å². The van der Waals surface area contributed by atoms with Gasteiger partial charge in [-0.25, -0.2) is 0 Å². The van der Waals surface area contributed by atoms with Gasteiger partial charge in [0.1, 0.15) is 5.78 Å². The third-order valence-corrected chi connectivity index (χ3v) is 2.80. The molecule has 2 atom stereocenters. The van der Waals surface area contributed by atoms with Crippen LogP contribution in [0.25, 0.3) is 0 Å². The highest BCUT2D eigenvalue weighted by Crippen LogP contribution is 2.22. The molecular formula is C14H20O2. The molecule has 0 saturated carbocycles. The van der Waals surface area contributed by atoms with Crippen molar-refractivity contribution >= 4 is 5.78 Å². The largest absolute Gasteiger partial charge is 0.393 e. The van der Waals surface area contributed by atoms with Crippen molar-refractivity contribution in [3.63, 3.8) is 0 Å². The first-order valence-electron chi connectivity index (χ1n) is 5.73. The number of Topliss-reactive ketones (excluding diaryl/α,β-unsaturated/α-hetero) is 1. The van der Waals surface area contributed by atoms with Gasteiger partial charge in [-0.15, -0.1) is 0 Å². The number of benzene rings is 1. The molecule has 0 radical (unpaired) electrons. The Bertz CT molecular complexity index is 340. The van der Waals surface area contributed by atoms with Gasteiger partial charge >= 0.3 is 0 Å². The molecule has 0 aromatic heterocycles. The maximum absolute atomic E-state index is 10.9. The van der Waals surface area contributed by atoms with Crippen molar-refractivity contribution in [2.45, 2.75) is 45.6 Å². The summed E-state index contributed by atoms with van der Waals surface area (Å²) in [5.74, 6) is 0.332. The Kier molecular flexibility index (Phi) is 4.69. The van der Waals surface area contributed by atoms with Crippen LogP contribution in [-0.4, -0.2) is 17.0 Å². The van der Waals surface area contributed by atoms with Gasteiger partial charge in [0.25, 0.3) is 0 Å². The molecule has 0 aliphatic carbocycles. The molecule has 0 bridgehead atoms. The summed E-state index contributed by atoms with van der Waals surface area (Å²) >= 11 is 0. The molecule has 0 heterocycles. The number of ketones is 1. The zero-order valence-electron chi connectivity index (χ0n) is 10.2. The van der Waals surface area contributed by atoms with Gasteiger partial charge in [0.15, 0.2) is 0 Å². The van der Waals surface area contributed by atoms with Crippen molar-refractivity contribution in [2.24, 2.45) is 0 Å². The lowest BCUT2D eigenvalue weighted by atomic mass is 9.93. The average Bonchev–Trinajstić information content (AvgIpc) is 2.16. The highest BCUT2D eigenvalue weighted by atomic mass is 16.3. The summed E-state index contributed by atoms with van der Waals surface area (Å²) in [7, 11) is 0. The number of carbonyl (C=O) groups excluding carboxylic acids is 1. The zero-order chi connectivity index (χ0) is 12.1. The molecule has 0 saturated heterocycles. The molecule has 1 aromatic carbocycles. The van der Waals surface area contributed by atoms with Crippen LogP contribution in [0.3, 0.4) is 0 Å². The lowest BCUT2D eigenvalue weighted by molar-refractivity contribution is -0.118. The van der Waals surface area contributed by atoms with Gasteiger partial charge in [-0.1, -0.05) is 36.8 Å². The van der Waals surface area contributed by atoms with Gasteiger partial charge in [-0.05, 0) is 31.7 Å². The predicted octanol–water partition coefficient (Wildman–Crippen LogP) is 2.83. The lowest BCUT2D eigenvalue weighted by Gasteiger charge is -2.16. The molecule has 88 valence electrons. The van der Waals surface area contributed by atoms with E-state index in [-0.39, 0.29) is 18.1 Å². The molecule has 1 aromatic rings. The number of aliphatic hydroxyl groups excluding tert-OH is 1. The number of hydrogen-bond donors (Lipinski definition) is 1. The lowest BCUT2D eigenvalue weighted by Crippen LogP contribution is -2.14. The van der Waals surface area contributed by atoms with E-state index in [4.69, 9.17) is 0 Å². The molecular weight excluding hydrogens is 200 g/mol.